The van der Waals surface area contributed by atoms with Crippen LogP contribution in [0.4, 0.5) is 13.6 Å². The third-order valence-electron chi connectivity index (χ3n) is 4.06. The maximum absolute atomic E-state index is 14.4. The summed E-state index contributed by atoms with van der Waals surface area (Å²) in [6.07, 6.45) is 2.04. The number of ether oxygens (including phenoxy) is 1. The number of likely N-dealkylation sites (tertiary alicyclic amines) is 1. The van der Waals surface area contributed by atoms with Crippen molar-refractivity contribution in [3.05, 3.63) is 29.6 Å². The van der Waals surface area contributed by atoms with Gasteiger partial charge in [0.15, 0.2) is 0 Å². The molecule has 0 radical (unpaired) electrons. The molecule has 0 saturated carbocycles. The van der Waals surface area contributed by atoms with Crippen molar-refractivity contribution in [1.29, 1.82) is 0 Å². The number of hydrogen-bond donors (Lipinski definition) is 1. The van der Waals surface area contributed by atoms with Crippen molar-refractivity contribution < 1.29 is 18.3 Å². The maximum atomic E-state index is 14.4. The van der Waals surface area contributed by atoms with Gasteiger partial charge in [0.2, 0.25) is 0 Å². The summed E-state index contributed by atoms with van der Waals surface area (Å²) < 4.78 is 34.0. The summed E-state index contributed by atoms with van der Waals surface area (Å²) in [5.74, 6) is -2.94. The number of nitrogens with one attached hydrogen (secondary N) is 1. The first-order valence-electron chi connectivity index (χ1n) is 8.58. The quantitative estimate of drug-likeness (QED) is 0.899. The zero-order valence-corrected chi connectivity index (χ0v) is 15.3. The van der Waals surface area contributed by atoms with Crippen LogP contribution in [-0.2, 0) is 10.7 Å². The number of amides is 1. The SMILES string of the molecule is Cc1ccc(C(F)(F)CN2CCC(NC(=O)OC(C)(C)C)CC2)cn1. The van der Waals surface area contributed by atoms with E-state index in [9.17, 15) is 13.6 Å². The van der Waals surface area contributed by atoms with Crippen LogP contribution in [-0.4, -0.2) is 47.3 Å². The van der Waals surface area contributed by atoms with Gasteiger partial charge in [-0.3, -0.25) is 9.88 Å². The van der Waals surface area contributed by atoms with Crippen LogP contribution in [0.15, 0.2) is 18.3 Å². The van der Waals surface area contributed by atoms with E-state index in [1.165, 1.54) is 12.3 Å². The van der Waals surface area contributed by atoms with Gasteiger partial charge in [0.05, 0.1) is 6.54 Å². The minimum absolute atomic E-state index is 0.0410. The zero-order chi connectivity index (χ0) is 18.7. The van der Waals surface area contributed by atoms with E-state index in [0.29, 0.717) is 31.6 Å². The molecular weight excluding hydrogens is 328 g/mol. The fourth-order valence-corrected chi connectivity index (χ4v) is 2.77. The average molecular weight is 355 g/mol. The highest BCUT2D eigenvalue weighted by molar-refractivity contribution is 5.68. The highest BCUT2D eigenvalue weighted by Crippen LogP contribution is 2.29. The Morgan fingerprint density at radius 1 is 1.32 bits per heavy atom. The van der Waals surface area contributed by atoms with E-state index < -0.39 is 17.6 Å². The summed E-state index contributed by atoms with van der Waals surface area (Å²) in [4.78, 5) is 17.5. The molecule has 0 aliphatic carbocycles. The van der Waals surface area contributed by atoms with E-state index in [1.54, 1.807) is 38.7 Å². The van der Waals surface area contributed by atoms with Gasteiger partial charge in [0, 0.05) is 36.6 Å². The standard InChI is InChI=1S/C18H27F2N3O2/c1-13-5-6-14(11-21-13)18(19,20)12-23-9-7-15(8-10-23)22-16(24)25-17(2,3)4/h5-6,11,15H,7-10,12H2,1-4H3,(H,22,24). The second kappa shape index (κ2) is 7.64. The minimum Gasteiger partial charge on any atom is -0.444 e. The molecule has 140 valence electrons. The van der Waals surface area contributed by atoms with Crippen molar-refractivity contribution >= 4 is 6.09 Å². The molecule has 0 bridgehead atoms. The molecule has 25 heavy (non-hydrogen) atoms. The van der Waals surface area contributed by atoms with E-state index >= 15 is 0 Å². The van der Waals surface area contributed by atoms with E-state index in [0.717, 1.165) is 0 Å². The minimum atomic E-state index is -2.94. The van der Waals surface area contributed by atoms with Gasteiger partial charge in [0.1, 0.15) is 5.60 Å². The third kappa shape index (κ3) is 6.23. The van der Waals surface area contributed by atoms with Crippen molar-refractivity contribution in [2.24, 2.45) is 0 Å². The molecule has 0 unspecified atom stereocenters. The highest BCUT2D eigenvalue weighted by atomic mass is 19.3. The lowest BCUT2D eigenvalue weighted by molar-refractivity contribution is -0.0437. The lowest BCUT2D eigenvalue weighted by Crippen LogP contribution is -2.48. The predicted molar refractivity (Wildman–Crippen MR) is 91.7 cm³/mol. The number of alkyl halides is 2. The number of carbonyl (C=O) groups excluding carboxylic acids is 1. The third-order valence-corrected chi connectivity index (χ3v) is 4.06. The first-order chi connectivity index (χ1) is 11.5. The average Bonchev–Trinajstić information content (AvgIpc) is 2.47. The Morgan fingerprint density at radius 3 is 2.48 bits per heavy atom. The molecule has 0 aromatic carbocycles. The summed E-state index contributed by atoms with van der Waals surface area (Å²) in [5, 5.41) is 2.81. The van der Waals surface area contributed by atoms with Gasteiger partial charge in [-0.1, -0.05) is 0 Å². The summed E-state index contributed by atoms with van der Waals surface area (Å²) in [5.41, 5.74) is 0.107. The van der Waals surface area contributed by atoms with Gasteiger partial charge in [-0.05, 0) is 52.7 Å². The second-order valence-electron chi connectivity index (χ2n) is 7.59. The van der Waals surface area contributed by atoms with Crippen LogP contribution in [0.1, 0.15) is 44.9 Å². The molecule has 1 aliphatic rings. The molecule has 1 aromatic rings. The van der Waals surface area contributed by atoms with Crippen molar-refractivity contribution in [2.75, 3.05) is 19.6 Å². The molecule has 1 fully saturated rings. The largest absolute Gasteiger partial charge is 0.444 e. The van der Waals surface area contributed by atoms with Gasteiger partial charge in [-0.2, -0.15) is 8.78 Å². The van der Waals surface area contributed by atoms with Crippen molar-refractivity contribution in [2.45, 2.75) is 58.1 Å². The summed E-state index contributed by atoms with van der Waals surface area (Å²) in [6, 6.07) is 2.99. The Bertz CT molecular complexity index is 577. The number of carbonyl (C=O) groups is 1. The first kappa shape index (κ1) is 19.6. The van der Waals surface area contributed by atoms with Gasteiger partial charge >= 0.3 is 6.09 Å². The normalized spacial score (nSPS) is 17.4. The van der Waals surface area contributed by atoms with Crippen LogP contribution >= 0.6 is 0 Å². The summed E-state index contributed by atoms with van der Waals surface area (Å²) in [6.45, 7) is 7.86. The molecule has 0 atom stereocenters. The lowest BCUT2D eigenvalue weighted by Gasteiger charge is -2.34. The molecule has 2 rings (SSSR count). The Balaban J connectivity index is 1.82. The van der Waals surface area contributed by atoms with Crippen LogP contribution in [0.2, 0.25) is 0 Å². The number of alkyl carbamates (subject to hydrolysis) is 1. The van der Waals surface area contributed by atoms with Crippen molar-refractivity contribution in [3.8, 4) is 0 Å². The predicted octanol–water partition coefficient (Wildman–Crippen LogP) is 3.47. The number of halogens is 2. The topological polar surface area (TPSA) is 54.5 Å². The van der Waals surface area contributed by atoms with Gasteiger partial charge in [-0.15, -0.1) is 0 Å². The van der Waals surface area contributed by atoms with Gasteiger partial charge in [0.25, 0.3) is 5.92 Å². The second-order valence-corrected chi connectivity index (χ2v) is 7.59. The van der Waals surface area contributed by atoms with Crippen molar-refractivity contribution in [1.82, 2.24) is 15.2 Å². The number of aromatic nitrogens is 1. The molecule has 0 spiro atoms. The molecule has 7 heteroatoms. The number of pyridine rings is 1. The van der Waals surface area contributed by atoms with Crippen LogP contribution in [0, 0.1) is 6.92 Å². The monoisotopic (exact) mass is 355 g/mol. The number of hydrogen-bond acceptors (Lipinski definition) is 4. The maximum Gasteiger partial charge on any atom is 0.407 e. The van der Waals surface area contributed by atoms with Crippen LogP contribution < -0.4 is 5.32 Å². The summed E-state index contributed by atoms with van der Waals surface area (Å²) >= 11 is 0. The molecule has 1 amide bonds. The smallest absolute Gasteiger partial charge is 0.407 e. The fourth-order valence-electron chi connectivity index (χ4n) is 2.77. The van der Waals surface area contributed by atoms with Gasteiger partial charge < -0.3 is 10.1 Å². The number of nitrogens with zero attached hydrogens (tertiary/aromatic N) is 2. The van der Waals surface area contributed by atoms with E-state index in [-0.39, 0.29) is 18.2 Å². The molecule has 5 nitrogen and oxygen atoms in total. The van der Waals surface area contributed by atoms with E-state index in [4.69, 9.17) is 4.74 Å². The molecule has 1 aromatic heterocycles. The molecule has 1 N–H and O–H groups in total. The van der Waals surface area contributed by atoms with Crippen LogP contribution in [0.25, 0.3) is 0 Å². The molecule has 2 heterocycles. The highest BCUT2D eigenvalue weighted by Gasteiger charge is 2.35. The van der Waals surface area contributed by atoms with E-state index in [1.807, 2.05) is 0 Å². The number of aryl methyl sites for hydroxylation is 1. The molecular formula is C18H27F2N3O2. The van der Waals surface area contributed by atoms with Crippen LogP contribution in [0.3, 0.4) is 0 Å². The molecule has 1 saturated heterocycles. The number of piperidine rings is 1. The van der Waals surface area contributed by atoms with Gasteiger partial charge in [-0.25, -0.2) is 4.79 Å². The Labute approximate surface area is 147 Å². The zero-order valence-electron chi connectivity index (χ0n) is 15.3. The van der Waals surface area contributed by atoms with Crippen LogP contribution in [0.5, 0.6) is 0 Å². The fraction of sp³-hybridized carbons (Fsp3) is 0.667. The Kier molecular flexibility index (Phi) is 5.98. The lowest BCUT2D eigenvalue weighted by atomic mass is 10.0. The van der Waals surface area contributed by atoms with E-state index in [2.05, 4.69) is 10.3 Å². The Hall–Kier alpha value is -1.76. The number of rotatable bonds is 4. The first-order valence-corrected chi connectivity index (χ1v) is 8.58. The Morgan fingerprint density at radius 2 is 1.96 bits per heavy atom. The van der Waals surface area contributed by atoms with Crippen molar-refractivity contribution in [3.63, 3.8) is 0 Å². The molecule has 1 aliphatic heterocycles. The summed E-state index contributed by atoms with van der Waals surface area (Å²) in [7, 11) is 0.